The van der Waals surface area contributed by atoms with Gasteiger partial charge in [0.25, 0.3) is 0 Å². The fourth-order valence-corrected chi connectivity index (χ4v) is 5.11. The Hall–Kier alpha value is -2.47. The van der Waals surface area contributed by atoms with Crippen LogP contribution in [0.2, 0.25) is 0 Å². The second-order valence-electron chi connectivity index (χ2n) is 7.77. The van der Waals surface area contributed by atoms with Crippen molar-refractivity contribution in [2.24, 2.45) is 5.92 Å². The van der Waals surface area contributed by atoms with Crippen molar-refractivity contribution >= 4 is 35.0 Å². The molecule has 0 saturated carbocycles. The molecular weight excluding hydrogens is 382 g/mol. The minimum absolute atomic E-state index is 0.0368. The number of rotatable bonds is 4. The van der Waals surface area contributed by atoms with Crippen molar-refractivity contribution in [1.29, 1.82) is 0 Å². The fraction of sp³-hybridized carbons (Fsp3) is 0.391. The van der Waals surface area contributed by atoms with Gasteiger partial charge in [-0.15, -0.1) is 11.8 Å². The summed E-state index contributed by atoms with van der Waals surface area (Å²) in [5, 5.41) is 2.99. The van der Waals surface area contributed by atoms with E-state index in [1.54, 1.807) is 0 Å². The Kier molecular flexibility index (Phi) is 6.09. The molecule has 0 bridgehead atoms. The van der Waals surface area contributed by atoms with Gasteiger partial charge < -0.3 is 15.1 Å². The van der Waals surface area contributed by atoms with Crippen LogP contribution in [0.1, 0.15) is 19.8 Å². The number of hydrogen-bond donors (Lipinski definition) is 1. The summed E-state index contributed by atoms with van der Waals surface area (Å²) >= 11 is 1.86. The van der Waals surface area contributed by atoms with Gasteiger partial charge in [0.05, 0.1) is 12.2 Å². The molecule has 2 aromatic rings. The van der Waals surface area contributed by atoms with Gasteiger partial charge in [-0.3, -0.25) is 9.59 Å². The van der Waals surface area contributed by atoms with Gasteiger partial charge >= 0.3 is 0 Å². The second-order valence-corrected chi connectivity index (χ2v) is 8.83. The van der Waals surface area contributed by atoms with E-state index in [-0.39, 0.29) is 17.7 Å². The lowest BCUT2D eigenvalue weighted by Crippen LogP contribution is -2.49. The molecule has 152 valence electrons. The highest BCUT2D eigenvalue weighted by molar-refractivity contribution is 7.99. The lowest BCUT2D eigenvalue weighted by molar-refractivity contribution is -0.133. The standard InChI is InChI=1S/C23H27N3O2S/c1-17-16-29-21-10-6-5-9-20(21)26(17)15-22(27)25-13-11-18(12-14-25)23(28)24-19-7-3-2-4-8-19/h2-10,17-18H,11-16H2,1H3,(H,24,28)/t17-/m1/s1. The zero-order valence-corrected chi connectivity index (χ0v) is 17.5. The maximum absolute atomic E-state index is 13.0. The van der Waals surface area contributed by atoms with Crippen LogP contribution in [0.5, 0.6) is 0 Å². The first-order chi connectivity index (χ1) is 14.1. The number of benzene rings is 2. The zero-order valence-electron chi connectivity index (χ0n) is 16.7. The van der Waals surface area contributed by atoms with Crippen LogP contribution >= 0.6 is 11.8 Å². The van der Waals surface area contributed by atoms with E-state index in [1.807, 2.05) is 59.1 Å². The molecule has 29 heavy (non-hydrogen) atoms. The largest absolute Gasteiger partial charge is 0.358 e. The van der Waals surface area contributed by atoms with Gasteiger partial charge in [-0.05, 0) is 44.0 Å². The quantitative estimate of drug-likeness (QED) is 0.833. The topological polar surface area (TPSA) is 52.7 Å². The van der Waals surface area contributed by atoms with Crippen LogP contribution in [0.4, 0.5) is 11.4 Å². The first-order valence-electron chi connectivity index (χ1n) is 10.2. The molecule has 4 rings (SSSR count). The van der Waals surface area contributed by atoms with Crippen molar-refractivity contribution in [1.82, 2.24) is 4.90 Å². The average molecular weight is 410 g/mol. The van der Waals surface area contributed by atoms with Gasteiger partial charge in [0.15, 0.2) is 0 Å². The van der Waals surface area contributed by atoms with E-state index in [2.05, 4.69) is 29.3 Å². The van der Waals surface area contributed by atoms with Crippen molar-refractivity contribution in [3.63, 3.8) is 0 Å². The molecule has 1 saturated heterocycles. The van der Waals surface area contributed by atoms with E-state index < -0.39 is 0 Å². The molecule has 5 nitrogen and oxygen atoms in total. The number of fused-ring (bicyclic) bond motifs is 1. The molecule has 0 aliphatic carbocycles. The number of likely N-dealkylation sites (tertiary alicyclic amines) is 1. The molecule has 1 fully saturated rings. The Morgan fingerprint density at radius 2 is 1.72 bits per heavy atom. The number of carbonyl (C=O) groups is 2. The van der Waals surface area contributed by atoms with Crippen LogP contribution in [-0.4, -0.2) is 48.1 Å². The number of para-hydroxylation sites is 2. The van der Waals surface area contributed by atoms with Crippen molar-refractivity contribution in [2.75, 3.05) is 35.6 Å². The minimum atomic E-state index is -0.0368. The third kappa shape index (κ3) is 4.58. The minimum Gasteiger partial charge on any atom is -0.358 e. The molecule has 6 heteroatoms. The second kappa shape index (κ2) is 8.91. The molecule has 1 atom stereocenters. The molecule has 0 unspecified atom stereocenters. The molecule has 0 spiro atoms. The normalized spacial score (nSPS) is 19.6. The summed E-state index contributed by atoms with van der Waals surface area (Å²) in [5.41, 5.74) is 1.98. The third-order valence-electron chi connectivity index (χ3n) is 5.75. The molecule has 0 radical (unpaired) electrons. The maximum Gasteiger partial charge on any atom is 0.242 e. The van der Waals surface area contributed by atoms with Crippen molar-refractivity contribution < 1.29 is 9.59 Å². The Labute approximate surface area is 176 Å². The Balaban J connectivity index is 1.32. The van der Waals surface area contributed by atoms with Gasteiger partial charge in [0.1, 0.15) is 0 Å². The van der Waals surface area contributed by atoms with Gasteiger partial charge in [0.2, 0.25) is 11.8 Å². The summed E-state index contributed by atoms with van der Waals surface area (Å²) < 4.78 is 0. The van der Waals surface area contributed by atoms with E-state index in [0.717, 1.165) is 17.1 Å². The Bertz CT molecular complexity index is 865. The van der Waals surface area contributed by atoms with E-state index in [4.69, 9.17) is 0 Å². The van der Waals surface area contributed by atoms with E-state index in [9.17, 15) is 9.59 Å². The van der Waals surface area contributed by atoms with Gasteiger partial charge in [-0.1, -0.05) is 30.3 Å². The van der Waals surface area contributed by atoms with Crippen molar-refractivity contribution in [3.05, 3.63) is 54.6 Å². The molecule has 2 aliphatic rings. The predicted octanol–water partition coefficient (Wildman–Crippen LogP) is 3.86. The number of hydrogen-bond acceptors (Lipinski definition) is 4. The number of nitrogens with one attached hydrogen (secondary N) is 1. The summed E-state index contributed by atoms with van der Waals surface area (Å²) in [6.45, 7) is 3.87. The van der Waals surface area contributed by atoms with Crippen LogP contribution in [0.15, 0.2) is 59.5 Å². The fourth-order valence-electron chi connectivity index (χ4n) is 4.00. The Morgan fingerprint density at radius 3 is 2.48 bits per heavy atom. The molecule has 1 N–H and O–H groups in total. The summed E-state index contributed by atoms with van der Waals surface area (Å²) in [6.07, 6.45) is 1.43. The number of amides is 2. The highest BCUT2D eigenvalue weighted by atomic mass is 32.2. The summed E-state index contributed by atoms with van der Waals surface area (Å²) in [6, 6.07) is 18.2. The number of piperidine rings is 1. The number of carbonyl (C=O) groups excluding carboxylic acids is 2. The van der Waals surface area contributed by atoms with E-state index in [1.165, 1.54) is 4.90 Å². The monoisotopic (exact) mass is 409 g/mol. The van der Waals surface area contributed by atoms with Gasteiger partial charge in [-0.2, -0.15) is 0 Å². The van der Waals surface area contributed by atoms with Crippen LogP contribution in [0, 0.1) is 5.92 Å². The number of anilines is 2. The van der Waals surface area contributed by atoms with Gasteiger partial charge in [0, 0.05) is 41.4 Å². The van der Waals surface area contributed by atoms with E-state index in [0.29, 0.717) is 38.5 Å². The molecule has 2 amide bonds. The van der Waals surface area contributed by atoms with Crippen LogP contribution < -0.4 is 10.2 Å². The van der Waals surface area contributed by atoms with Crippen LogP contribution in [-0.2, 0) is 9.59 Å². The zero-order chi connectivity index (χ0) is 20.2. The predicted molar refractivity (Wildman–Crippen MR) is 118 cm³/mol. The molecule has 2 aromatic carbocycles. The average Bonchev–Trinajstić information content (AvgIpc) is 2.76. The smallest absolute Gasteiger partial charge is 0.242 e. The molecular formula is C23H27N3O2S. The molecule has 0 aromatic heterocycles. The highest BCUT2D eigenvalue weighted by Crippen LogP contribution is 2.37. The van der Waals surface area contributed by atoms with E-state index >= 15 is 0 Å². The molecule has 2 aliphatic heterocycles. The summed E-state index contributed by atoms with van der Waals surface area (Å²) in [7, 11) is 0. The number of nitrogens with zero attached hydrogens (tertiary/aromatic N) is 2. The van der Waals surface area contributed by atoms with Gasteiger partial charge in [-0.25, -0.2) is 0 Å². The SMILES string of the molecule is C[C@@H]1CSc2ccccc2N1CC(=O)N1CCC(C(=O)Nc2ccccc2)CC1. The number of thioether (sulfide) groups is 1. The maximum atomic E-state index is 13.0. The lowest BCUT2D eigenvalue weighted by Gasteiger charge is -2.38. The van der Waals surface area contributed by atoms with Crippen molar-refractivity contribution in [3.8, 4) is 0 Å². The van der Waals surface area contributed by atoms with Crippen LogP contribution in [0.3, 0.4) is 0 Å². The van der Waals surface area contributed by atoms with Crippen molar-refractivity contribution in [2.45, 2.75) is 30.7 Å². The van der Waals surface area contributed by atoms with Crippen LogP contribution in [0.25, 0.3) is 0 Å². The lowest BCUT2D eigenvalue weighted by atomic mass is 9.95. The first-order valence-corrected chi connectivity index (χ1v) is 11.2. The first kappa shape index (κ1) is 19.8. The Morgan fingerprint density at radius 1 is 1.03 bits per heavy atom. The third-order valence-corrected chi connectivity index (χ3v) is 7.06. The molecule has 2 heterocycles. The summed E-state index contributed by atoms with van der Waals surface area (Å²) in [5.74, 6) is 1.16. The summed E-state index contributed by atoms with van der Waals surface area (Å²) in [4.78, 5) is 30.9. The highest BCUT2D eigenvalue weighted by Gasteiger charge is 2.30.